The number of carbonyl (C=O) groups excluding carboxylic acids is 1. The van der Waals surface area contributed by atoms with Crippen molar-refractivity contribution in [3.8, 4) is 0 Å². The van der Waals surface area contributed by atoms with Crippen LogP contribution in [0.5, 0.6) is 0 Å². The van der Waals surface area contributed by atoms with Gasteiger partial charge < -0.3 is 19.9 Å². The number of esters is 1. The Morgan fingerprint density at radius 3 is 2.89 bits per heavy atom. The monoisotopic (exact) mass is 271 g/mol. The third kappa shape index (κ3) is 5.47. The molecule has 0 radical (unpaired) electrons. The highest BCUT2D eigenvalue weighted by Crippen LogP contribution is 2.14. The second kappa shape index (κ2) is 8.51. The molecular weight excluding hydrogens is 242 g/mol. The van der Waals surface area contributed by atoms with Crippen molar-refractivity contribution in [2.24, 2.45) is 0 Å². The van der Waals surface area contributed by atoms with E-state index in [1.165, 1.54) is 19.4 Å². The molecule has 0 amide bonds. The van der Waals surface area contributed by atoms with Crippen LogP contribution in [0.2, 0.25) is 0 Å². The van der Waals surface area contributed by atoms with Gasteiger partial charge in [-0.05, 0) is 53.9 Å². The van der Waals surface area contributed by atoms with Gasteiger partial charge in [-0.25, -0.2) is 0 Å². The summed E-state index contributed by atoms with van der Waals surface area (Å²) in [6, 6.07) is 0.419. The van der Waals surface area contributed by atoms with Crippen LogP contribution >= 0.6 is 0 Å². The molecule has 0 aliphatic carbocycles. The summed E-state index contributed by atoms with van der Waals surface area (Å²) >= 11 is 0. The molecule has 0 bridgehead atoms. The highest BCUT2D eigenvalue weighted by Gasteiger charge is 2.23. The molecule has 1 fully saturated rings. The molecule has 5 heteroatoms. The van der Waals surface area contributed by atoms with Gasteiger partial charge in [0.2, 0.25) is 0 Å². The van der Waals surface area contributed by atoms with Crippen LogP contribution in [0.15, 0.2) is 0 Å². The standard InChI is InChI=1S/C14H29N3O2/c1-5-19-14(18)13(15-2)8-10-17(4)12-7-6-9-16(3)11-12/h12-13,15H,5-11H2,1-4H3. The van der Waals surface area contributed by atoms with Crippen LogP contribution in [0.4, 0.5) is 0 Å². The van der Waals surface area contributed by atoms with E-state index >= 15 is 0 Å². The maximum Gasteiger partial charge on any atom is 0.323 e. The van der Waals surface area contributed by atoms with Gasteiger partial charge in [-0.15, -0.1) is 0 Å². The second-order valence-corrected chi connectivity index (χ2v) is 5.42. The number of hydrogen-bond donors (Lipinski definition) is 1. The highest BCUT2D eigenvalue weighted by molar-refractivity contribution is 5.75. The van der Waals surface area contributed by atoms with E-state index in [1.54, 1.807) is 0 Å². The summed E-state index contributed by atoms with van der Waals surface area (Å²) < 4.78 is 5.06. The average Bonchev–Trinajstić information content (AvgIpc) is 2.39. The molecule has 19 heavy (non-hydrogen) atoms. The van der Waals surface area contributed by atoms with Crippen LogP contribution in [0.1, 0.15) is 26.2 Å². The Morgan fingerprint density at radius 1 is 1.58 bits per heavy atom. The van der Waals surface area contributed by atoms with Gasteiger partial charge in [0.05, 0.1) is 6.61 Å². The fourth-order valence-corrected chi connectivity index (χ4v) is 2.64. The molecular formula is C14H29N3O2. The third-order valence-corrected chi connectivity index (χ3v) is 3.91. The van der Waals surface area contributed by atoms with Gasteiger partial charge in [0.15, 0.2) is 0 Å². The predicted octanol–water partition coefficient (Wildman–Crippen LogP) is 0.554. The van der Waals surface area contributed by atoms with E-state index in [2.05, 4.69) is 29.2 Å². The van der Waals surface area contributed by atoms with E-state index in [-0.39, 0.29) is 12.0 Å². The summed E-state index contributed by atoms with van der Waals surface area (Å²) in [6.45, 7) is 5.53. The van der Waals surface area contributed by atoms with Gasteiger partial charge in [-0.1, -0.05) is 0 Å². The molecule has 1 N–H and O–H groups in total. The van der Waals surface area contributed by atoms with E-state index in [9.17, 15) is 4.79 Å². The SMILES string of the molecule is CCOC(=O)C(CCN(C)C1CCCN(C)C1)NC. The lowest BCUT2D eigenvalue weighted by molar-refractivity contribution is -0.145. The van der Waals surface area contributed by atoms with E-state index in [1.807, 2.05) is 14.0 Å². The Hall–Kier alpha value is -0.650. The van der Waals surface area contributed by atoms with Crippen LogP contribution in [-0.2, 0) is 9.53 Å². The average molecular weight is 271 g/mol. The van der Waals surface area contributed by atoms with Crippen LogP contribution in [0.25, 0.3) is 0 Å². The van der Waals surface area contributed by atoms with E-state index in [0.717, 1.165) is 19.5 Å². The molecule has 0 spiro atoms. The van der Waals surface area contributed by atoms with Crippen molar-refractivity contribution in [1.29, 1.82) is 0 Å². The first-order chi connectivity index (χ1) is 9.08. The minimum absolute atomic E-state index is 0.140. The highest BCUT2D eigenvalue weighted by atomic mass is 16.5. The molecule has 1 aliphatic rings. The predicted molar refractivity (Wildman–Crippen MR) is 77.2 cm³/mol. The molecule has 1 rings (SSSR count). The molecule has 1 aliphatic heterocycles. The Balaban J connectivity index is 2.34. The van der Waals surface area contributed by atoms with Gasteiger partial charge >= 0.3 is 5.97 Å². The molecule has 2 atom stereocenters. The van der Waals surface area contributed by atoms with Crippen molar-refractivity contribution >= 4 is 5.97 Å². The minimum Gasteiger partial charge on any atom is -0.465 e. The number of hydrogen-bond acceptors (Lipinski definition) is 5. The Labute approximate surface area is 117 Å². The Kier molecular flexibility index (Phi) is 7.34. The van der Waals surface area contributed by atoms with Gasteiger partial charge in [0.1, 0.15) is 6.04 Å². The number of nitrogens with one attached hydrogen (secondary N) is 1. The number of piperidine rings is 1. The Bertz CT molecular complexity index is 273. The third-order valence-electron chi connectivity index (χ3n) is 3.91. The van der Waals surface area contributed by atoms with Gasteiger partial charge in [0, 0.05) is 19.1 Å². The zero-order valence-corrected chi connectivity index (χ0v) is 12.8. The smallest absolute Gasteiger partial charge is 0.323 e. The summed E-state index contributed by atoms with van der Waals surface area (Å²) in [7, 11) is 6.15. The first kappa shape index (κ1) is 16.4. The summed E-state index contributed by atoms with van der Waals surface area (Å²) in [5.74, 6) is -0.140. The quantitative estimate of drug-likeness (QED) is 0.685. The number of likely N-dealkylation sites (tertiary alicyclic amines) is 1. The lowest BCUT2D eigenvalue weighted by Gasteiger charge is -2.36. The zero-order valence-electron chi connectivity index (χ0n) is 12.8. The lowest BCUT2D eigenvalue weighted by atomic mass is 10.0. The van der Waals surface area contributed by atoms with Gasteiger partial charge in [-0.2, -0.15) is 0 Å². The van der Waals surface area contributed by atoms with Crippen molar-refractivity contribution < 1.29 is 9.53 Å². The first-order valence-corrected chi connectivity index (χ1v) is 7.31. The number of rotatable bonds is 7. The van der Waals surface area contributed by atoms with E-state index in [4.69, 9.17) is 4.74 Å². The molecule has 0 aromatic heterocycles. The molecule has 1 saturated heterocycles. The molecule has 2 unspecified atom stereocenters. The molecule has 112 valence electrons. The summed E-state index contributed by atoms with van der Waals surface area (Å²) in [5.41, 5.74) is 0. The van der Waals surface area contributed by atoms with Crippen LogP contribution in [0.3, 0.4) is 0 Å². The van der Waals surface area contributed by atoms with E-state index in [0.29, 0.717) is 12.6 Å². The minimum atomic E-state index is -0.191. The fraction of sp³-hybridized carbons (Fsp3) is 0.929. The fourth-order valence-electron chi connectivity index (χ4n) is 2.64. The normalized spacial score (nSPS) is 22.5. The Morgan fingerprint density at radius 2 is 2.32 bits per heavy atom. The summed E-state index contributed by atoms with van der Waals surface area (Å²) in [6.07, 6.45) is 3.31. The second-order valence-electron chi connectivity index (χ2n) is 5.42. The van der Waals surface area contributed by atoms with Gasteiger partial charge in [-0.3, -0.25) is 4.79 Å². The molecule has 0 aromatic carbocycles. The zero-order chi connectivity index (χ0) is 14.3. The molecule has 0 aromatic rings. The molecule has 5 nitrogen and oxygen atoms in total. The molecule has 1 heterocycles. The van der Waals surface area contributed by atoms with Crippen LogP contribution in [-0.4, -0.2) is 75.2 Å². The summed E-state index contributed by atoms with van der Waals surface area (Å²) in [5, 5.41) is 3.04. The van der Waals surface area contributed by atoms with Crippen molar-refractivity contribution in [3.63, 3.8) is 0 Å². The van der Waals surface area contributed by atoms with Crippen LogP contribution < -0.4 is 5.32 Å². The van der Waals surface area contributed by atoms with Crippen molar-refractivity contribution in [2.75, 3.05) is 47.4 Å². The number of nitrogens with zero attached hydrogens (tertiary/aromatic N) is 2. The summed E-state index contributed by atoms with van der Waals surface area (Å²) in [4.78, 5) is 16.5. The number of likely N-dealkylation sites (N-methyl/N-ethyl adjacent to an activating group) is 3. The van der Waals surface area contributed by atoms with Crippen molar-refractivity contribution in [1.82, 2.24) is 15.1 Å². The largest absolute Gasteiger partial charge is 0.465 e. The topological polar surface area (TPSA) is 44.8 Å². The molecule has 0 saturated carbocycles. The maximum absolute atomic E-state index is 11.7. The van der Waals surface area contributed by atoms with Crippen LogP contribution in [0, 0.1) is 0 Å². The lowest BCUT2D eigenvalue weighted by Crippen LogP contribution is -2.47. The number of carbonyl (C=O) groups is 1. The maximum atomic E-state index is 11.7. The van der Waals surface area contributed by atoms with Gasteiger partial charge in [0.25, 0.3) is 0 Å². The van der Waals surface area contributed by atoms with E-state index < -0.39 is 0 Å². The number of ether oxygens (including phenoxy) is 1. The van der Waals surface area contributed by atoms with Crippen molar-refractivity contribution in [3.05, 3.63) is 0 Å². The first-order valence-electron chi connectivity index (χ1n) is 7.31. The van der Waals surface area contributed by atoms with Crippen molar-refractivity contribution in [2.45, 2.75) is 38.3 Å².